The summed E-state index contributed by atoms with van der Waals surface area (Å²) in [6, 6.07) is 9.89. The minimum atomic E-state index is -0.417. The van der Waals surface area contributed by atoms with Gasteiger partial charge in [0.1, 0.15) is 5.65 Å². The summed E-state index contributed by atoms with van der Waals surface area (Å²) >= 11 is 2.85. The van der Waals surface area contributed by atoms with Crippen LogP contribution < -0.4 is 5.56 Å². The lowest BCUT2D eigenvalue weighted by Gasteiger charge is -2.04. The van der Waals surface area contributed by atoms with E-state index in [0.29, 0.717) is 17.1 Å². The van der Waals surface area contributed by atoms with Crippen molar-refractivity contribution >= 4 is 44.6 Å². The Morgan fingerprint density at radius 1 is 1.23 bits per heavy atom. The fourth-order valence-corrected chi connectivity index (χ4v) is 4.53. The topological polar surface area (TPSA) is 90.4 Å². The summed E-state index contributed by atoms with van der Waals surface area (Å²) in [5.41, 5.74) is 2.94. The van der Waals surface area contributed by atoms with E-state index in [9.17, 15) is 14.9 Å². The average molecular weight is 384 g/mol. The maximum absolute atomic E-state index is 12.2. The molecule has 26 heavy (non-hydrogen) atoms. The summed E-state index contributed by atoms with van der Waals surface area (Å²) in [6.45, 7) is 1.92. The SMILES string of the molecule is Cc1ccc2nc(CSc3nc4ccc([N+](=O)[O-])cc4s3)cc(=O)n2c1. The van der Waals surface area contributed by atoms with Crippen molar-refractivity contribution in [1.29, 1.82) is 0 Å². The van der Waals surface area contributed by atoms with Crippen molar-refractivity contribution in [2.75, 3.05) is 0 Å². The largest absolute Gasteiger partial charge is 0.270 e. The number of rotatable bonds is 4. The van der Waals surface area contributed by atoms with Gasteiger partial charge in [-0.3, -0.25) is 19.3 Å². The van der Waals surface area contributed by atoms with Crippen molar-refractivity contribution in [3.8, 4) is 0 Å². The van der Waals surface area contributed by atoms with E-state index in [1.54, 1.807) is 12.3 Å². The molecule has 0 saturated heterocycles. The van der Waals surface area contributed by atoms with Gasteiger partial charge in [-0.05, 0) is 24.6 Å². The predicted molar refractivity (Wildman–Crippen MR) is 102 cm³/mol. The first-order valence-corrected chi connectivity index (χ1v) is 9.46. The molecule has 0 radical (unpaired) electrons. The Labute approximate surface area is 155 Å². The number of benzene rings is 1. The van der Waals surface area contributed by atoms with Gasteiger partial charge in [0, 0.05) is 30.1 Å². The molecule has 0 fully saturated rings. The van der Waals surface area contributed by atoms with Gasteiger partial charge in [-0.1, -0.05) is 17.8 Å². The first-order chi connectivity index (χ1) is 12.5. The lowest BCUT2D eigenvalue weighted by Crippen LogP contribution is -2.15. The number of thiazole rings is 1. The number of fused-ring (bicyclic) bond motifs is 2. The zero-order valence-corrected chi connectivity index (χ0v) is 15.2. The molecule has 3 aromatic heterocycles. The molecule has 0 aliphatic heterocycles. The highest BCUT2D eigenvalue weighted by Crippen LogP contribution is 2.33. The number of nitro benzene ring substituents is 1. The van der Waals surface area contributed by atoms with Crippen molar-refractivity contribution in [2.24, 2.45) is 0 Å². The van der Waals surface area contributed by atoms with Gasteiger partial charge < -0.3 is 0 Å². The molecule has 4 rings (SSSR count). The Hall–Kier alpha value is -2.78. The molecule has 9 heteroatoms. The van der Waals surface area contributed by atoms with Crippen molar-refractivity contribution in [1.82, 2.24) is 14.4 Å². The number of hydrogen-bond acceptors (Lipinski definition) is 7. The third-order valence-electron chi connectivity index (χ3n) is 3.77. The van der Waals surface area contributed by atoms with Crippen molar-refractivity contribution in [2.45, 2.75) is 17.0 Å². The van der Waals surface area contributed by atoms with E-state index in [4.69, 9.17) is 0 Å². The van der Waals surface area contributed by atoms with E-state index in [0.717, 1.165) is 20.1 Å². The molecule has 0 aliphatic carbocycles. The Morgan fingerprint density at radius 3 is 2.88 bits per heavy atom. The second-order valence-electron chi connectivity index (χ2n) is 5.70. The van der Waals surface area contributed by atoms with E-state index in [2.05, 4.69) is 9.97 Å². The molecule has 0 aliphatic rings. The molecule has 130 valence electrons. The summed E-state index contributed by atoms with van der Waals surface area (Å²) in [5, 5.41) is 10.9. The zero-order valence-electron chi connectivity index (χ0n) is 13.6. The van der Waals surface area contributed by atoms with Gasteiger partial charge >= 0.3 is 0 Å². The van der Waals surface area contributed by atoms with Crippen LogP contribution in [0.2, 0.25) is 0 Å². The van der Waals surface area contributed by atoms with Crippen LogP contribution >= 0.6 is 23.1 Å². The standard InChI is InChI=1S/C17H12N4O3S2/c1-10-2-5-15-18-11(6-16(22)20(15)8-10)9-25-17-19-13-4-3-12(21(23)24)7-14(13)26-17/h2-8H,9H2,1H3. The van der Waals surface area contributed by atoms with Crippen LogP contribution in [0.1, 0.15) is 11.3 Å². The first-order valence-electron chi connectivity index (χ1n) is 7.66. The van der Waals surface area contributed by atoms with Gasteiger partial charge in [0.05, 0.1) is 20.8 Å². The lowest BCUT2D eigenvalue weighted by molar-refractivity contribution is -0.384. The van der Waals surface area contributed by atoms with E-state index in [1.165, 1.54) is 45.7 Å². The molecule has 0 atom stereocenters. The van der Waals surface area contributed by atoms with Gasteiger partial charge in [0.15, 0.2) is 4.34 Å². The summed E-state index contributed by atoms with van der Waals surface area (Å²) in [4.78, 5) is 31.7. The minimum absolute atomic E-state index is 0.0530. The van der Waals surface area contributed by atoms with Gasteiger partial charge in [0.2, 0.25) is 0 Å². The molecule has 4 aromatic rings. The second kappa shape index (κ2) is 6.50. The number of non-ortho nitro benzene ring substituents is 1. The molecule has 0 bridgehead atoms. The van der Waals surface area contributed by atoms with E-state index in [-0.39, 0.29) is 11.2 Å². The molecule has 0 amide bonds. The van der Waals surface area contributed by atoms with Crippen LogP contribution in [-0.4, -0.2) is 19.3 Å². The molecule has 0 saturated carbocycles. The number of hydrogen-bond donors (Lipinski definition) is 0. The fraction of sp³-hybridized carbons (Fsp3) is 0.118. The van der Waals surface area contributed by atoms with E-state index < -0.39 is 4.92 Å². The Kier molecular flexibility index (Phi) is 4.17. The number of nitro groups is 1. The average Bonchev–Trinajstić information content (AvgIpc) is 3.02. The summed E-state index contributed by atoms with van der Waals surface area (Å²) < 4.78 is 3.08. The van der Waals surface area contributed by atoms with Gasteiger partial charge in [-0.2, -0.15) is 0 Å². The maximum Gasteiger partial charge on any atom is 0.270 e. The number of nitrogens with zero attached hydrogens (tertiary/aromatic N) is 4. The van der Waals surface area contributed by atoms with Crippen LogP contribution in [0, 0.1) is 17.0 Å². The smallest absolute Gasteiger partial charge is 0.269 e. The summed E-state index contributed by atoms with van der Waals surface area (Å²) in [7, 11) is 0. The van der Waals surface area contributed by atoms with Crippen molar-refractivity contribution in [3.63, 3.8) is 0 Å². The number of pyridine rings is 1. The molecule has 7 nitrogen and oxygen atoms in total. The van der Waals surface area contributed by atoms with Crippen molar-refractivity contribution < 1.29 is 4.92 Å². The molecule has 1 aromatic carbocycles. The molecule has 0 unspecified atom stereocenters. The maximum atomic E-state index is 12.2. The lowest BCUT2D eigenvalue weighted by atomic mass is 10.3. The zero-order chi connectivity index (χ0) is 18.3. The highest BCUT2D eigenvalue weighted by molar-refractivity contribution is 8.00. The Balaban J connectivity index is 1.60. The summed E-state index contributed by atoms with van der Waals surface area (Å²) in [6.07, 6.45) is 1.77. The predicted octanol–water partition coefficient (Wildman–Crippen LogP) is 3.81. The Bertz CT molecular complexity index is 1220. The van der Waals surface area contributed by atoms with Crippen molar-refractivity contribution in [3.05, 3.63) is 74.3 Å². The van der Waals surface area contributed by atoms with Crippen LogP contribution in [0.25, 0.3) is 15.9 Å². The fourth-order valence-electron chi connectivity index (χ4n) is 2.54. The van der Waals surface area contributed by atoms with Gasteiger partial charge in [-0.15, -0.1) is 11.3 Å². The van der Waals surface area contributed by atoms with Crippen LogP contribution in [0.3, 0.4) is 0 Å². The monoisotopic (exact) mass is 384 g/mol. The quantitative estimate of drug-likeness (QED) is 0.302. The molecule has 0 N–H and O–H groups in total. The number of aryl methyl sites for hydroxylation is 1. The van der Waals surface area contributed by atoms with Crippen LogP contribution in [0.4, 0.5) is 5.69 Å². The molecular formula is C17H12N4O3S2. The third kappa shape index (κ3) is 3.18. The van der Waals surface area contributed by atoms with Gasteiger partial charge in [0.25, 0.3) is 11.2 Å². The molecule has 3 heterocycles. The number of thioether (sulfide) groups is 1. The molecule has 0 spiro atoms. The summed E-state index contributed by atoms with van der Waals surface area (Å²) in [5.74, 6) is 0.502. The molecular weight excluding hydrogens is 372 g/mol. The highest BCUT2D eigenvalue weighted by atomic mass is 32.2. The first kappa shape index (κ1) is 16.7. The highest BCUT2D eigenvalue weighted by Gasteiger charge is 2.11. The second-order valence-corrected chi connectivity index (χ2v) is 7.95. The van der Waals surface area contributed by atoms with E-state index >= 15 is 0 Å². The Morgan fingerprint density at radius 2 is 2.08 bits per heavy atom. The number of aromatic nitrogens is 3. The van der Waals surface area contributed by atoms with Crippen LogP contribution in [-0.2, 0) is 5.75 Å². The van der Waals surface area contributed by atoms with Gasteiger partial charge in [-0.25, -0.2) is 9.97 Å². The minimum Gasteiger partial charge on any atom is -0.269 e. The van der Waals surface area contributed by atoms with Crippen LogP contribution in [0.15, 0.2) is 51.7 Å². The van der Waals surface area contributed by atoms with Crippen LogP contribution in [0.5, 0.6) is 0 Å². The normalized spacial score (nSPS) is 11.3. The third-order valence-corrected chi connectivity index (χ3v) is 5.96. The van der Waals surface area contributed by atoms with E-state index in [1.807, 2.05) is 19.1 Å².